The molecule has 4 rings (SSSR count). The van der Waals surface area contributed by atoms with Gasteiger partial charge in [0.25, 0.3) is 5.91 Å². The number of benzene rings is 3. The van der Waals surface area contributed by atoms with Crippen LogP contribution < -0.4 is 10.2 Å². The van der Waals surface area contributed by atoms with Crippen molar-refractivity contribution >= 4 is 17.3 Å². The molecule has 1 amide bonds. The molecule has 0 aliphatic carbocycles. The molecular formula is C25H27N3O. The lowest BCUT2D eigenvalue weighted by molar-refractivity contribution is 0.102. The summed E-state index contributed by atoms with van der Waals surface area (Å²) in [4.78, 5) is 17.3. The van der Waals surface area contributed by atoms with Gasteiger partial charge in [-0.05, 0) is 48.9 Å². The Morgan fingerprint density at radius 3 is 2.28 bits per heavy atom. The first kappa shape index (κ1) is 19.2. The summed E-state index contributed by atoms with van der Waals surface area (Å²) >= 11 is 0. The fourth-order valence-corrected chi connectivity index (χ4v) is 3.74. The van der Waals surface area contributed by atoms with Gasteiger partial charge < -0.3 is 10.2 Å². The number of amides is 1. The number of para-hydroxylation sites is 1. The first-order valence-corrected chi connectivity index (χ1v) is 10.2. The average Bonchev–Trinajstić information content (AvgIpc) is 2.76. The molecule has 0 aromatic heterocycles. The Labute approximate surface area is 172 Å². The SMILES string of the molecule is Cc1cccc(C(=O)Nc2ccc(CN3CCN(c4ccccc4)CC3)cc2)c1. The number of nitrogens with one attached hydrogen (secondary N) is 1. The summed E-state index contributed by atoms with van der Waals surface area (Å²) in [6.07, 6.45) is 0. The van der Waals surface area contributed by atoms with Crippen molar-refractivity contribution in [1.82, 2.24) is 4.90 Å². The zero-order chi connectivity index (χ0) is 20.1. The predicted octanol–water partition coefficient (Wildman–Crippen LogP) is 4.57. The van der Waals surface area contributed by atoms with Gasteiger partial charge in [0, 0.05) is 49.7 Å². The Bertz CT molecular complexity index is 945. The molecule has 1 aliphatic heterocycles. The molecule has 3 aromatic rings. The van der Waals surface area contributed by atoms with Crippen molar-refractivity contribution in [3.05, 3.63) is 95.6 Å². The first-order chi connectivity index (χ1) is 14.2. The standard InChI is InChI=1S/C25H27N3O/c1-20-6-5-7-22(18-20)25(29)26-23-12-10-21(11-13-23)19-27-14-16-28(17-15-27)24-8-3-2-4-9-24/h2-13,18H,14-17,19H2,1H3,(H,26,29). The normalized spacial score (nSPS) is 14.6. The van der Waals surface area contributed by atoms with E-state index in [1.54, 1.807) is 0 Å². The minimum atomic E-state index is -0.0708. The molecule has 1 fully saturated rings. The number of piperazine rings is 1. The van der Waals surface area contributed by atoms with Crippen LogP contribution in [0.5, 0.6) is 0 Å². The zero-order valence-electron chi connectivity index (χ0n) is 16.8. The Hall–Kier alpha value is -3.11. The lowest BCUT2D eigenvalue weighted by Gasteiger charge is -2.36. The quantitative estimate of drug-likeness (QED) is 0.699. The maximum absolute atomic E-state index is 12.4. The summed E-state index contributed by atoms with van der Waals surface area (Å²) in [5.41, 5.74) is 5.17. The zero-order valence-corrected chi connectivity index (χ0v) is 16.8. The average molecular weight is 386 g/mol. The van der Waals surface area contributed by atoms with E-state index >= 15 is 0 Å². The van der Waals surface area contributed by atoms with Crippen molar-refractivity contribution in [2.24, 2.45) is 0 Å². The van der Waals surface area contributed by atoms with E-state index < -0.39 is 0 Å². The molecule has 4 nitrogen and oxygen atoms in total. The minimum Gasteiger partial charge on any atom is -0.369 e. The predicted molar refractivity (Wildman–Crippen MR) is 120 cm³/mol. The number of carbonyl (C=O) groups is 1. The number of anilines is 2. The smallest absolute Gasteiger partial charge is 0.255 e. The highest BCUT2D eigenvalue weighted by atomic mass is 16.1. The summed E-state index contributed by atoms with van der Waals surface area (Å²) < 4.78 is 0. The van der Waals surface area contributed by atoms with E-state index in [0.29, 0.717) is 5.56 Å². The highest BCUT2D eigenvalue weighted by Crippen LogP contribution is 2.18. The van der Waals surface area contributed by atoms with Gasteiger partial charge in [-0.15, -0.1) is 0 Å². The molecular weight excluding hydrogens is 358 g/mol. The van der Waals surface area contributed by atoms with Crippen molar-refractivity contribution in [1.29, 1.82) is 0 Å². The third-order valence-corrected chi connectivity index (χ3v) is 5.39. The highest BCUT2D eigenvalue weighted by Gasteiger charge is 2.17. The van der Waals surface area contributed by atoms with Crippen LogP contribution in [0.3, 0.4) is 0 Å². The van der Waals surface area contributed by atoms with Gasteiger partial charge in [-0.3, -0.25) is 9.69 Å². The molecule has 0 radical (unpaired) electrons. The topological polar surface area (TPSA) is 35.6 Å². The van der Waals surface area contributed by atoms with Gasteiger partial charge in [-0.2, -0.15) is 0 Å². The number of nitrogens with zero attached hydrogens (tertiary/aromatic N) is 2. The molecule has 0 unspecified atom stereocenters. The fraction of sp³-hybridized carbons (Fsp3) is 0.240. The number of rotatable bonds is 5. The minimum absolute atomic E-state index is 0.0708. The van der Waals surface area contributed by atoms with Crippen LogP contribution in [0.1, 0.15) is 21.5 Å². The summed E-state index contributed by atoms with van der Waals surface area (Å²) in [7, 11) is 0. The maximum atomic E-state index is 12.4. The monoisotopic (exact) mass is 385 g/mol. The van der Waals surface area contributed by atoms with E-state index in [1.807, 2.05) is 43.3 Å². The van der Waals surface area contributed by atoms with E-state index in [0.717, 1.165) is 44.0 Å². The van der Waals surface area contributed by atoms with Gasteiger partial charge in [-0.1, -0.05) is 48.0 Å². The van der Waals surface area contributed by atoms with Crippen LogP contribution in [-0.4, -0.2) is 37.0 Å². The van der Waals surface area contributed by atoms with Gasteiger partial charge in [0.1, 0.15) is 0 Å². The van der Waals surface area contributed by atoms with Crippen LogP contribution in [0.4, 0.5) is 11.4 Å². The van der Waals surface area contributed by atoms with Gasteiger partial charge in [0.2, 0.25) is 0 Å². The highest BCUT2D eigenvalue weighted by molar-refractivity contribution is 6.04. The van der Waals surface area contributed by atoms with Gasteiger partial charge in [0.05, 0.1) is 0 Å². The van der Waals surface area contributed by atoms with Crippen LogP contribution >= 0.6 is 0 Å². The molecule has 0 saturated carbocycles. The van der Waals surface area contributed by atoms with E-state index in [4.69, 9.17) is 0 Å². The van der Waals surface area contributed by atoms with Crippen LogP contribution in [0.2, 0.25) is 0 Å². The molecule has 1 N–H and O–H groups in total. The Balaban J connectivity index is 1.29. The van der Waals surface area contributed by atoms with Gasteiger partial charge in [-0.25, -0.2) is 0 Å². The van der Waals surface area contributed by atoms with Crippen molar-refractivity contribution < 1.29 is 4.79 Å². The van der Waals surface area contributed by atoms with Crippen molar-refractivity contribution in [2.75, 3.05) is 36.4 Å². The van der Waals surface area contributed by atoms with Crippen LogP contribution in [0, 0.1) is 6.92 Å². The van der Waals surface area contributed by atoms with Crippen LogP contribution in [0.25, 0.3) is 0 Å². The van der Waals surface area contributed by atoms with E-state index in [2.05, 4.69) is 57.6 Å². The molecule has 0 atom stereocenters. The number of carbonyl (C=O) groups excluding carboxylic acids is 1. The molecule has 1 heterocycles. The molecule has 4 heteroatoms. The molecule has 29 heavy (non-hydrogen) atoms. The largest absolute Gasteiger partial charge is 0.369 e. The molecule has 0 spiro atoms. The van der Waals surface area contributed by atoms with Gasteiger partial charge >= 0.3 is 0 Å². The first-order valence-electron chi connectivity index (χ1n) is 10.2. The van der Waals surface area contributed by atoms with Crippen molar-refractivity contribution in [3.63, 3.8) is 0 Å². The maximum Gasteiger partial charge on any atom is 0.255 e. The number of aryl methyl sites for hydroxylation is 1. The van der Waals surface area contributed by atoms with Crippen molar-refractivity contribution in [3.8, 4) is 0 Å². The van der Waals surface area contributed by atoms with E-state index in [9.17, 15) is 4.79 Å². The van der Waals surface area contributed by atoms with Crippen LogP contribution in [-0.2, 0) is 6.54 Å². The van der Waals surface area contributed by atoms with E-state index in [-0.39, 0.29) is 5.91 Å². The molecule has 1 saturated heterocycles. The second-order valence-corrected chi connectivity index (χ2v) is 7.62. The second-order valence-electron chi connectivity index (χ2n) is 7.62. The second kappa shape index (κ2) is 8.93. The van der Waals surface area contributed by atoms with Crippen LogP contribution in [0.15, 0.2) is 78.9 Å². The molecule has 3 aromatic carbocycles. The number of hydrogen-bond donors (Lipinski definition) is 1. The Kier molecular flexibility index (Phi) is 5.92. The third kappa shape index (κ3) is 5.04. The summed E-state index contributed by atoms with van der Waals surface area (Å²) in [5, 5.41) is 2.98. The van der Waals surface area contributed by atoms with Gasteiger partial charge in [0.15, 0.2) is 0 Å². The Morgan fingerprint density at radius 1 is 0.862 bits per heavy atom. The lowest BCUT2D eigenvalue weighted by Crippen LogP contribution is -2.45. The molecule has 0 bridgehead atoms. The summed E-state index contributed by atoms with van der Waals surface area (Å²) in [6.45, 7) is 7.14. The third-order valence-electron chi connectivity index (χ3n) is 5.39. The molecule has 148 valence electrons. The van der Waals surface area contributed by atoms with E-state index in [1.165, 1.54) is 11.3 Å². The summed E-state index contributed by atoms with van der Waals surface area (Å²) in [6, 6.07) is 26.5. The van der Waals surface area contributed by atoms with Crippen molar-refractivity contribution in [2.45, 2.75) is 13.5 Å². The lowest BCUT2D eigenvalue weighted by atomic mass is 10.1. The number of hydrogen-bond acceptors (Lipinski definition) is 3. The fourth-order valence-electron chi connectivity index (χ4n) is 3.74. The summed E-state index contributed by atoms with van der Waals surface area (Å²) in [5.74, 6) is -0.0708. The molecule has 1 aliphatic rings. The Morgan fingerprint density at radius 2 is 1.59 bits per heavy atom.